The normalized spacial score (nSPS) is 9.94. The Bertz CT molecular complexity index is 569. The Morgan fingerprint density at radius 3 is 2.82 bits per heavy atom. The van der Waals surface area contributed by atoms with Gasteiger partial charge in [0.25, 0.3) is 0 Å². The number of halogens is 1. The fourth-order valence-corrected chi connectivity index (χ4v) is 2.95. The summed E-state index contributed by atoms with van der Waals surface area (Å²) in [6.45, 7) is 2.77. The Morgan fingerprint density at radius 1 is 1.35 bits per heavy atom. The van der Waals surface area contributed by atoms with Crippen molar-refractivity contribution in [3.63, 3.8) is 0 Å². The van der Waals surface area contributed by atoms with Gasteiger partial charge in [-0.05, 0) is 52.7 Å². The molecule has 2 rings (SSSR count). The van der Waals surface area contributed by atoms with E-state index in [9.17, 15) is 0 Å². The van der Waals surface area contributed by atoms with Crippen molar-refractivity contribution in [2.75, 3.05) is 5.32 Å². The summed E-state index contributed by atoms with van der Waals surface area (Å²) in [7, 11) is 0. The molecule has 0 atom stereocenters. The zero-order chi connectivity index (χ0) is 12.3. The van der Waals surface area contributed by atoms with E-state index in [1.165, 1.54) is 4.88 Å². The second-order valence-corrected chi connectivity index (χ2v) is 6.27. The van der Waals surface area contributed by atoms with Gasteiger partial charge < -0.3 is 5.32 Å². The third-order valence-corrected chi connectivity index (χ3v) is 4.00. The van der Waals surface area contributed by atoms with Crippen LogP contribution in [-0.2, 0) is 6.54 Å². The average molecular weight is 307 g/mol. The summed E-state index contributed by atoms with van der Waals surface area (Å²) >= 11 is 5.13. The highest BCUT2D eigenvalue weighted by Gasteiger charge is 2.03. The minimum Gasteiger partial charge on any atom is -0.379 e. The van der Waals surface area contributed by atoms with Crippen molar-refractivity contribution >= 4 is 33.0 Å². The van der Waals surface area contributed by atoms with Crippen LogP contribution in [0.4, 0.5) is 5.69 Å². The molecular formula is C13H11BrN2S. The summed E-state index contributed by atoms with van der Waals surface area (Å²) in [6, 6.07) is 12.1. The Kier molecular flexibility index (Phi) is 3.82. The summed E-state index contributed by atoms with van der Waals surface area (Å²) in [6.07, 6.45) is 0. The van der Waals surface area contributed by atoms with Crippen molar-refractivity contribution in [2.24, 2.45) is 0 Å². The van der Waals surface area contributed by atoms with E-state index in [1.807, 2.05) is 31.2 Å². The molecule has 2 nitrogen and oxygen atoms in total. The molecular weight excluding hydrogens is 296 g/mol. The topological polar surface area (TPSA) is 35.8 Å². The zero-order valence-corrected chi connectivity index (χ0v) is 11.7. The maximum Gasteiger partial charge on any atom is 0.101 e. The number of nitrogens with zero attached hydrogens (tertiary/aromatic N) is 1. The number of nitriles is 1. The number of thiophene rings is 1. The van der Waals surface area contributed by atoms with Gasteiger partial charge in [0.2, 0.25) is 0 Å². The first-order valence-electron chi connectivity index (χ1n) is 5.18. The number of anilines is 1. The summed E-state index contributed by atoms with van der Waals surface area (Å²) in [5.74, 6) is 0. The van der Waals surface area contributed by atoms with Crippen molar-refractivity contribution in [3.8, 4) is 6.07 Å². The van der Waals surface area contributed by atoms with Crippen LogP contribution in [0.25, 0.3) is 0 Å². The van der Waals surface area contributed by atoms with Crippen molar-refractivity contribution < 1.29 is 0 Å². The molecule has 1 aromatic carbocycles. The van der Waals surface area contributed by atoms with Crippen molar-refractivity contribution in [1.29, 1.82) is 5.26 Å². The fraction of sp³-hybridized carbons (Fsp3) is 0.154. The van der Waals surface area contributed by atoms with Gasteiger partial charge >= 0.3 is 0 Å². The summed E-state index contributed by atoms with van der Waals surface area (Å²) in [5, 5.41) is 12.3. The molecule has 86 valence electrons. The molecule has 0 spiro atoms. The van der Waals surface area contributed by atoms with Gasteiger partial charge in [0.1, 0.15) is 6.07 Å². The third kappa shape index (κ3) is 3.09. The smallest absolute Gasteiger partial charge is 0.101 e. The quantitative estimate of drug-likeness (QED) is 0.917. The van der Waals surface area contributed by atoms with Crippen LogP contribution in [0.15, 0.2) is 34.1 Å². The number of hydrogen-bond acceptors (Lipinski definition) is 3. The number of rotatable bonds is 3. The van der Waals surface area contributed by atoms with E-state index in [2.05, 4.69) is 33.4 Å². The molecule has 0 aliphatic carbocycles. The Hall–Kier alpha value is -1.31. The Labute approximate surface area is 113 Å². The van der Waals surface area contributed by atoms with Crippen molar-refractivity contribution in [1.82, 2.24) is 0 Å². The lowest BCUT2D eigenvalue weighted by molar-refractivity contribution is 1.18. The van der Waals surface area contributed by atoms with Gasteiger partial charge in [-0.1, -0.05) is 6.07 Å². The van der Waals surface area contributed by atoms with Gasteiger partial charge in [0.15, 0.2) is 0 Å². The lowest BCUT2D eigenvalue weighted by Gasteiger charge is -2.07. The van der Waals surface area contributed by atoms with E-state index >= 15 is 0 Å². The van der Waals surface area contributed by atoms with Gasteiger partial charge in [-0.15, -0.1) is 11.3 Å². The van der Waals surface area contributed by atoms with Gasteiger partial charge in [-0.2, -0.15) is 5.26 Å². The molecule has 0 unspecified atom stereocenters. The lowest BCUT2D eigenvalue weighted by atomic mass is 10.1. The second kappa shape index (κ2) is 5.35. The monoisotopic (exact) mass is 306 g/mol. The highest BCUT2D eigenvalue weighted by Crippen LogP contribution is 2.24. The highest BCUT2D eigenvalue weighted by atomic mass is 79.9. The van der Waals surface area contributed by atoms with Crippen LogP contribution in [-0.4, -0.2) is 0 Å². The third-order valence-electron chi connectivity index (χ3n) is 2.38. The van der Waals surface area contributed by atoms with Gasteiger partial charge in [0, 0.05) is 11.4 Å². The molecule has 0 saturated heterocycles. The van der Waals surface area contributed by atoms with Crippen LogP contribution in [0.5, 0.6) is 0 Å². The molecule has 1 aromatic heterocycles. The molecule has 4 heteroatoms. The molecule has 0 saturated carbocycles. The molecule has 0 amide bonds. The number of hydrogen-bond donors (Lipinski definition) is 1. The molecule has 2 aromatic rings. The molecule has 0 aliphatic heterocycles. The first-order chi connectivity index (χ1) is 8.19. The Morgan fingerprint density at radius 2 is 2.18 bits per heavy atom. The van der Waals surface area contributed by atoms with E-state index in [0.29, 0.717) is 5.56 Å². The predicted octanol–water partition coefficient (Wildman–Crippen LogP) is 4.30. The minimum atomic E-state index is 0.686. The van der Waals surface area contributed by atoms with E-state index in [1.54, 1.807) is 11.3 Å². The fourth-order valence-electron chi connectivity index (χ4n) is 1.53. The highest BCUT2D eigenvalue weighted by molar-refractivity contribution is 9.11. The largest absolute Gasteiger partial charge is 0.379 e. The summed E-state index contributed by atoms with van der Waals surface area (Å²) in [5.41, 5.74) is 2.74. The van der Waals surface area contributed by atoms with Crippen molar-refractivity contribution in [2.45, 2.75) is 13.5 Å². The van der Waals surface area contributed by atoms with Gasteiger partial charge in [-0.25, -0.2) is 0 Å². The van der Waals surface area contributed by atoms with Crippen LogP contribution in [0.3, 0.4) is 0 Å². The second-order valence-electron chi connectivity index (χ2n) is 3.72. The zero-order valence-electron chi connectivity index (χ0n) is 9.33. The van der Waals surface area contributed by atoms with Crippen LogP contribution in [0, 0.1) is 18.3 Å². The standard InChI is InChI=1S/C13H11BrN2S/c1-9-2-3-10(7-15)12(6-9)16-8-11-4-5-13(14)17-11/h2-6,16H,8H2,1H3. The first-order valence-corrected chi connectivity index (χ1v) is 6.79. The number of aryl methyl sites for hydroxylation is 1. The summed E-state index contributed by atoms with van der Waals surface area (Å²) in [4.78, 5) is 1.24. The average Bonchev–Trinajstić information content (AvgIpc) is 2.73. The van der Waals surface area contributed by atoms with Gasteiger partial charge in [0.05, 0.1) is 15.0 Å². The molecule has 0 radical (unpaired) electrons. The SMILES string of the molecule is Cc1ccc(C#N)c(NCc2ccc(Br)s2)c1. The number of benzene rings is 1. The Balaban J connectivity index is 2.13. The van der Waals surface area contributed by atoms with Crippen LogP contribution in [0.1, 0.15) is 16.0 Å². The van der Waals surface area contributed by atoms with Crippen molar-refractivity contribution in [3.05, 3.63) is 50.1 Å². The van der Waals surface area contributed by atoms with Crippen LogP contribution < -0.4 is 5.32 Å². The lowest BCUT2D eigenvalue weighted by Crippen LogP contribution is -1.99. The molecule has 0 bridgehead atoms. The van der Waals surface area contributed by atoms with E-state index in [-0.39, 0.29) is 0 Å². The van der Waals surface area contributed by atoms with E-state index in [0.717, 1.165) is 21.6 Å². The maximum atomic E-state index is 9.02. The molecule has 0 aliphatic rings. The van der Waals surface area contributed by atoms with Gasteiger partial charge in [-0.3, -0.25) is 0 Å². The molecule has 17 heavy (non-hydrogen) atoms. The molecule has 0 fully saturated rings. The van der Waals surface area contributed by atoms with Crippen LogP contribution in [0.2, 0.25) is 0 Å². The predicted molar refractivity (Wildman–Crippen MR) is 75.2 cm³/mol. The minimum absolute atomic E-state index is 0.686. The molecule has 1 heterocycles. The van der Waals surface area contributed by atoms with E-state index in [4.69, 9.17) is 5.26 Å². The van der Waals surface area contributed by atoms with E-state index < -0.39 is 0 Å². The molecule has 1 N–H and O–H groups in total. The first kappa shape index (κ1) is 12.2. The summed E-state index contributed by atoms with van der Waals surface area (Å²) < 4.78 is 1.12. The van der Waals surface area contributed by atoms with Crippen LogP contribution >= 0.6 is 27.3 Å². The maximum absolute atomic E-state index is 9.02. The number of nitrogens with one attached hydrogen (secondary N) is 1.